The van der Waals surface area contributed by atoms with Gasteiger partial charge < -0.3 is 4.74 Å². The largest absolute Gasteiger partial charge is 0.449 e. The van der Waals surface area contributed by atoms with E-state index in [9.17, 15) is 9.59 Å². The Balaban J connectivity index is 2.47. The fourth-order valence-electron chi connectivity index (χ4n) is 0.893. The molecule has 0 aliphatic heterocycles. The van der Waals surface area contributed by atoms with Crippen molar-refractivity contribution in [3.8, 4) is 0 Å². The van der Waals surface area contributed by atoms with Gasteiger partial charge in [-0.25, -0.2) is 4.79 Å². The van der Waals surface area contributed by atoms with Gasteiger partial charge >= 0.3 is 6.09 Å². The fraction of sp³-hybridized carbons (Fsp3) is 0.200. The second-order valence-corrected chi connectivity index (χ2v) is 4.41. The summed E-state index contributed by atoms with van der Waals surface area (Å²) in [6.07, 6.45) is -0.613. The summed E-state index contributed by atoms with van der Waals surface area (Å²) in [4.78, 5) is 22.5. The van der Waals surface area contributed by atoms with Gasteiger partial charge in [-0.3, -0.25) is 9.52 Å². The highest BCUT2D eigenvalue weighted by Gasteiger charge is 2.09. The fourth-order valence-corrected chi connectivity index (χ4v) is 1.65. The van der Waals surface area contributed by atoms with Crippen molar-refractivity contribution in [2.75, 3.05) is 6.61 Å². The third-order valence-electron chi connectivity index (χ3n) is 1.58. The Hall–Kier alpha value is -1.01. The third kappa shape index (κ3) is 4.24. The van der Waals surface area contributed by atoms with Crippen LogP contribution in [0.15, 0.2) is 28.7 Å². The molecule has 1 amide bonds. The molecule has 1 aromatic rings. The summed E-state index contributed by atoms with van der Waals surface area (Å²) in [6, 6.07) is 6.87. The van der Waals surface area contributed by atoms with E-state index in [-0.39, 0.29) is 11.7 Å². The molecule has 0 aliphatic carbocycles. The molecular formula is C10H10BrNO3S. The molecule has 0 saturated heterocycles. The van der Waals surface area contributed by atoms with Crippen LogP contribution >= 0.6 is 27.9 Å². The van der Waals surface area contributed by atoms with Gasteiger partial charge in [0, 0.05) is 22.0 Å². The summed E-state index contributed by atoms with van der Waals surface area (Å²) >= 11 is 3.97. The van der Waals surface area contributed by atoms with Gasteiger partial charge in [0.05, 0.1) is 6.61 Å². The summed E-state index contributed by atoms with van der Waals surface area (Å²) < 4.78 is 7.80. The van der Waals surface area contributed by atoms with E-state index < -0.39 is 6.09 Å². The van der Waals surface area contributed by atoms with Crippen molar-refractivity contribution in [3.63, 3.8) is 0 Å². The molecule has 0 unspecified atom stereocenters. The van der Waals surface area contributed by atoms with Gasteiger partial charge in [0.15, 0.2) is 0 Å². The second-order valence-electron chi connectivity index (χ2n) is 2.72. The number of rotatable bonds is 2. The highest BCUT2D eigenvalue weighted by atomic mass is 79.9. The Labute approximate surface area is 106 Å². The Morgan fingerprint density at radius 1 is 1.38 bits per heavy atom. The number of benzene rings is 1. The van der Waals surface area contributed by atoms with Crippen LogP contribution in [0, 0.1) is 0 Å². The molecule has 0 saturated carbocycles. The lowest BCUT2D eigenvalue weighted by Crippen LogP contribution is -2.19. The molecule has 86 valence electrons. The Morgan fingerprint density at radius 3 is 2.56 bits per heavy atom. The number of ether oxygens (including phenoxy) is 1. The topological polar surface area (TPSA) is 55.4 Å². The van der Waals surface area contributed by atoms with Crippen LogP contribution in [0.25, 0.3) is 0 Å². The van der Waals surface area contributed by atoms with Crippen LogP contribution in [0.4, 0.5) is 4.79 Å². The van der Waals surface area contributed by atoms with Gasteiger partial charge in [-0.1, -0.05) is 15.9 Å². The first kappa shape index (κ1) is 13.1. The number of amides is 1. The van der Waals surface area contributed by atoms with E-state index in [1.165, 1.54) is 0 Å². The van der Waals surface area contributed by atoms with Crippen LogP contribution in [0.1, 0.15) is 17.3 Å². The van der Waals surface area contributed by atoms with E-state index >= 15 is 0 Å². The highest BCUT2D eigenvalue weighted by Crippen LogP contribution is 2.14. The third-order valence-corrected chi connectivity index (χ3v) is 2.80. The van der Waals surface area contributed by atoms with E-state index in [0.29, 0.717) is 17.5 Å². The molecule has 0 radical (unpaired) electrons. The van der Waals surface area contributed by atoms with Gasteiger partial charge in [-0.05, 0) is 31.2 Å². The molecule has 0 aliphatic rings. The molecule has 0 heterocycles. The van der Waals surface area contributed by atoms with Crippen LogP contribution in [-0.4, -0.2) is 17.8 Å². The molecule has 0 bridgehead atoms. The lowest BCUT2D eigenvalue weighted by atomic mass is 10.2. The lowest BCUT2D eigenvalue weighted by Gasteiger charge is -2.03. The average Bonchev–Trinajstić information content (AvgIpc) is 2.27. The highest BCUT2D eigenvalue weighted by molar-refractivity contribution is 9.10. The minimum Gasteiger partial charge on any atom is -0.449 e. The number of halogens is 1. The predicted octanol–water partition coefficient (Wildman–Crippen LogP) is 2.98. The van der Waals surface area contributed by atoms with Crippen molar-refractivity contribution in [3.05, 3.63) is 34.3 Å². The van der Waals surface area contributed by atoms with Crippen molar-refractivity contribution in [1.29, 1.82) is 0 Å². The summed E-state index contributed by atoms with van der Waals surface area (Å²) in [5, 5.41) is -0.236. The quantitative estimate of drug-likeness (QED) is 0.853. The second kappa shape index (κ2) is 6.55. The summed E-state index contributed by atoms with van der Waals surface area (Å²) in [7, 11) is 0. The molecular weight excluding hydrogens is 294 g/mol. The van der Waals surface area contributed by atoms with Crippen LogP contribution in [0.3, 0.4) is 0 Å². The standard InChI is InChI=1S/C10H10BrNO3S/c1-2-15-10(14)12-16-9(13)7-3-5-8(11)6-4-7/h3-6H,2H2,1H3,(H,12,14). The number of carbonyl (C=O) groups excluding carboxylic acids is 2. The number of hydrogen-bond acceptors (Lipinski definition) is 4. The zero-order chi connectivity index (χ0) is 12.0. The minimum atomic E-state index is -0.613. The zero-order valence-electron chi connectivity index (χ0n) is 8.53. The number of carbonyl (C=O) groups is 2. The molecule has 0 spiro atoms. The van der Waals surface area contributed by atoms with Gasteiger partial charge in [0.25, 0.3) is 0 Å². The maximum Gasteiger partial charge on any atom is 0.417 e. The van der Waals surface area contributed by atoms with E-state index in [4.69, 9.17) is 0 Å². The van der Waals surface area contributed by atoms with Gasteiger partial charge in [0.1, 0.15) is 0 Å². The van der Waals surface area contributed by atoms with E-state index in [0.717, 1.165) is 4.47 Å². The first-order chi connectivity index (χ1) is 7.63. The van der Waals surface area contributed by atoms with Gasteiger partial charge in [-0.2, -0.15) is 0 Å². The van der Waals surface area contributed by atoms with Crippen molar-refractivity contribution in [2.24, 2.45) is 0 Å². The van der Waals surface area contributed by atoms with E-state index in [2.05, 4.69) is 25.4 Å². The minimum absolute atomic E-state index is 0.236. The smallest absolute Gasteiger partial charge is 0.417 e. The first-order valence-corrected chi connectivity index (χ1v) is 6.14. The Bertz CT molecular complexity index is 380. The predicted molar refractivity (Wildman–Crippen MR) is 66.2 cm³/mol. The molecule has 0 fully saturated rings. The normalized spacial score (nSPS) is 9.62. The number of nitrogens with one attached hydrogen (secondary N) is 1. The maximum atomic E-state index is 11.5. The van der Waals surface area contributed by atoms with Crippen molar-refractivity contribution in [2.45, 2.75) is 6.92 Å². The van der Waals surface area contributed by atoms with E-state index in [1.54, 1.807) is 31.2 Å². The molecule has 1 rings (SSSR count). The van der Waals surface area contributed by atoms with Crippen molar-refractivity contribution < 1.29 is 14.3 Å². The Kier molecular flexibility index (Phi) is 5.34. The van der Waals surface area contributed by atoms with Crippen LogP contribution in [0.5, 0.6) is 0 Å². The number of hydrogen-bond donors (Lipinski definition) is 1. The van der Waals surface area contributed by atoms with Crippen LogP contribution in [-0.2, 0) is 4.74 Å². The molecule has 6 heteroatoms. The van der Waals surface area contributed by atoms with Crippen molar-refractivity contribution >= 4 is 39.1 Å². The van der Waals surface area contributed by atoms with E-state index in [1.807, 2.05) is 0 Å². The first-order valence-electron chi connectivity index (χ1n) is 4.53. The molecule has 1 aromatic carbocycles. The lowest BCUT2D eigenvalue weighted by molar-refractivity contribution is 0.108. The van der Waals surface area contributed by atoms with Crippen LogP contribution in [0.2, 0.25) is 0 Å². The molecule has 16 heavy (non-hydrogen) atoms. The van der Waals surface area contributed by atoms with Gasteiger partial charge in [0.2, 0.25) is 5.12 Å². The van der Waals surface area contributed by atoms with Crippen LogP contribution < -0.4 is 4.72 Å². The SMILES string of the molecule is CCOC(=O)NSC(=O)c1ccc(Br)cc1. The summed E-state index contributed by atoms with van der Waals surface area (Å²) in [5.41, 5.74) is 0.519. The monoisotopic (exact) mass is 303 g/mol. The molecule has 1 N–H and O–H groups in total. The average molecular weight is 304 g/mol. The molecule has 4 nitrogen and oxygen atoms in total. The summed E-state index contributed by atoms with van der Waals surface area (Å²) in [5.74, 6) is 0. The summed E-state index contributed by atoms with van der Waals surface area (Å²) in [6.45, 7) is 1.97. The zero-order valence-corrected chi connectivity index (χ0v) is 10.9. The maximum absolute atomic E-state index is 11.5. The Morgan fingerprint density at radius 2 is 2.00 bits per heavy atom. The molecule has 0 atom stereocenters. The molecule has 0 aromatic heterocycles. The van der Waals surface area contributed by atoms with Crippen molar-refractivity contribution in [1.82, 2.24) is 4.72 Å². The van der Waals surface area contributed by atoms with Gasteiger partial charge in [-0.15, -0.1) is 0 Å².